The summed E-state index contributed by atoms with van der Waals surface area (Å²) >= 11 is 6.16. The minimum atomic E-state index is -0.384. The molecule has 0 radical (unpaired) electrons. The molecule has 200 valence electrons. The van der Waals surface area contributed by atoms with Gasteiger partial charge in [0.15, 0.2) is 11.5 Å². The fourth-order valence-electron chi connectivity index (χ4n) is 5.13. The monoisotopic (exact) mass is 549 g/mol. The van der Waals surface area contributed by atoms with E-state index in [-0.39, 0.29) is 11.9 Å². The highest BCUT2D eigenvalue weighted by molar-refractivity contribution is 6.30. The van der Waals surface area contributed by atoms with E-state index in [9.17, 15) is 4.79 Å². The molecule has 1 amide bonds. The second-order valence-electron chi connectivity index (χ2n) is 9.87. The molecular formula is C33H28ClN3O3. The number of carbonyl (C=O) groups is 1. The maximum absolute atomic E-state index is 13.8. The summed E-state index contributed by atoms with van der Waals surface area (Å²) in [6.07, 6.45) is 0. The van der Waals surface area contributed by atoms with Crippen LogP contribution < -0.4 is 9.47 Å². The second kappa shape index (κ2) is 10.9. The van der Waals surface area contributed by atoms with Crippen LogP contribution >= 0.6 is 11.6 Å². The molecule has 40 heavy (non-hydrogen) atoms. The second-order valence-corrected chi connectivity index (χ2v) is 10.3. The molecule has 0 saturated heterocycles. The third-order valence-electron chi connectivity index (χ3n) is 7.20. The molecule has 1 aliphatic heterocycles. The smallest absolute Gasteiger partial charge is 0.273 e. The number of hydrogen-bond donors (Lipinski definition) is 1. The zero-order valence-electron chi connectivity index (χ0n) is 22.2. The SMILES string of the molecule is COc1cc(C2c3c(-c4ccc(Cl)cc4)n[nH]c3C(=O)N2Cc2ccc(C)cc2)ccc1OCc1ccccc1. The molecule has 1 atom stereocenters. The lowest BCUT2D eigenvalue weighted by molar-refractivity contribution is 0.0730. The zero-order valence-corrected chi connectivity index (χ0v) is 23.0. The maximum atomic E-state index is 13.8. The molecule has 4 aromatic carbocycles. The van der Waals surface area contributed by atoms with Crippen molar-refractivity contribution in [1.29, 1.82) is 0 Å². The molecule has 5 aromatic rings. The van der Waals surface area contributed by atoms with Gasteiger partial charge in [-0.05, 0) is 47.9 Å². The Morgan fingerprint density at radius 1 is 0.900 bits per heavy atom. The zero-order chi connectivity index (χ0) is 27.6. The number of rotatable bonds is 8. The molecule has 0 aliphatic carbocycles. The first-order chi connectivity index (χ1) is 19.5. The number of H-pyrrole nitrogens is 1. The van der Waals surface area contributed by atoms with Gasteiger partial charge in [0, 0.05) is 22.7 Å². The van der Waals surface area contributed by atoms with Gasteiger partial charge in [-0.3, -0.25) is 9.89 Å². The molecule has 0 saturated carbocycles. The van der Waals surface area contributed by atoms with Crippen molar-refractivity contribution < 1.29 is 14.3 Å². The molecule has 2 heterocycles. The number of carbonyl (C=O) groups excluding carboxylic acids is 1. The number of aryl methyl sites for hydroxylation is 1. The summed E-state index contributed by atoms with van der Waals surface area (Å²) in [6, 6.07) is 31.2. The van der Waals surface area contributed by atoms with Crippen molar-refractivity contribution in [2.75, 3.05) is 7.11 Å². The van der Waals surface area contributed by atoms with E-state index in [1.165, 1.54) is 5.56 Å². The number of hydrogen-bond acceptors (Lipinski definition) is 4. The summed E-state index contributed by atoms with van der Waals surface area (Å²) in [5.41, 5.74) is 7.11. The van der Waals surface area contributed by atoms with Crippen LogP contribution in [0, 0.1) is 6.92 Å². The Balaban J connectivity index is 1.41. The van der Waals surface area contributed by atoms with E-state index in [0.717, 1.165) is 33.5 Å². The van der Waals surface area contributed by atoms with Crippen molar-refractivity contribution >= 4 is 17.5 Å². The lowest BCUT2D eigenvalue weighted by Crippen LogP contribution is -2.29. The number of methoxy groups -OCH3 is 1. The standard InChI is InChI=1S/C33H28ClN3O3/c1-21-8-10-22(11-9-21)19-37-32(29-30(35-36-31(29)33(37)38)24-12-15-26(34)16-13-24)25-14-17-27(28(18-25)39-2)40-20-23-6-4-3-5-7-23/h3-18,32H,19-20H2,1-2H3,(H,35,36). The first-order valence-corrected chi connectivity index (χ1v) is 13.4. The Morgan fingerprint density at radius 2 is 1.65 bits per heavy atom. The van der Waals surface area contributed by atoms with Crippen molar-refractivity contribution in [1.82, 2.24) is 15.1 Å². The number of amides is 1. The van der Waals surface area contributed by atoms with Crippen LogP contribution in [0.4, 0.5) is 0 Å². The third kappa shape index (κ3) is 4.94. The number of nitrogens with one attached hydrogen (secondary N) is 1. The topological polar surface area (TPSA) is 67.5 Å². The van der Waals surface area contributed by atoms with Crippen LogP contribution in [0.15, 0.2) is 97.1 Å². The minimum absolute atomic E-state index is 0.100. The minimum Gasteiger partial charge on any atom is -0.493 e. The van der Waals surface area contributed by atoms with Gasteiger partial charge >= 0.3 is 0 Å². The molecule has 0 fully saturated rings. The van der Waals surface area contributed by atoms with Crippen LogP contribution in [0.2, 0.25) is 5.02 Å². The largest absolute Gasteiger partial charge is 0.493 e. The highest BCUT2D eigenvalue weighted by atomic mass is 35.5. The lowest BCUT2D eigenvalue weighted by atomic mass is 9.95. The Bertz CT molecular complexity index is 1650. The summed E-state index contributed by atoms with van der Waals surface area (Å²) in [5, 5.41) is 8.23. The molecule has 1 aliphatic rings. The van der Waals surface area contributed by atoms with E-state index in [2.05, 4.69) is 41.4 Å². The lowest BCUT2D eigenvalue weighted by Gasteiger charge is -2.27. The fraction of sp³-hybridized carbons (Fsp3) is 0.152. The molecule has 1 aromatic heterocycles. The highest BCUT2D eigenvalue weighted by Crippen LogP contribution is 2.45. The van der Waals surface area contributed by atoms with E-state index in [1.807, 2.05) is 77.7 Å². The van der Waals surface area contributed by atoms with E-state index in [0.29, 0.717) is 35.4 Å². The highest BCUT2D eigenvalue weighted by Gasteiger charge is 2.42. The van der Waals surface area contributed by atoms with Crippen LogP contribution in [-0.2, 0) is 13.2 Å². The molecular weight excluding hydrogens is 522 g/mol. The fourth-order valence-corrected chi connectivity index (χ4v) is 5.26. The van der Waals surface area contributed by atoms with Crippen LogP contribution in [0.5, 0.6) is 11.5 Å². The Labute approximate surface area is 238 Å². The Morgan fingerprint density at radius 3 is 2.38 bits per heavy atom. The van der Waals surface area contributed by atoms with E-state index >= 15 is 0 Å². The quantitative estimate of drug-likeness (QED) is 0.219. The number of ether oxygens (including phenoxy) is 2. The maximum Gasteiger partial charge on any atom is 0.273 e. The molecule has 1 unspecified atom stereocenters. The third-order valence-corrected chi connectivity index (χ3v) is 7.45. The van der Waals surface area contributed by atoms with Crippen molar-refractivity contribution in [3.63, 3.8) is 0 Å². The normalized spacial score (nSPS) is 14.3. The van der Waals surface area contributed by atoms with Crippen LogP contribution in [-0.4, -0.2) is 28.1 Å². The van der Waals surface area contributed by atoms with Gasteiger partial charge in [0.2, 0.25) is 0 Å². The van der Waals surface area contributed by atoms with Crippen LogP contribution in [0.3, 0.4) is 0 Å². The summed E-state index contributed by atoms with van der Waals surface area (Å²) in [7, 11) is 1.63. The Kier molecular flexibility index (Phi) is 7.01. The predicted octanol–water partition coefficient (Wildman–Crippen LogP) is 7.37. The number of fused-ring (bicyclic) bond motifs is 1. The van der Waals surface area contributed by atoms with E-state index in [1.54, 1.807) is 7.11 Å². The Hall–Kier alpha value is -4.55. The summed E-state index contributed by atoms with van der Waals surface area (Å²) in [4.78, 5) is 15.7. The number of benzene rings is 4. The van der Waals surface area contributed by atoms with Gasteiger partial charge in [-0.25, -0.2) is 0 Å². The van der Waals surface area contributed by atoms with Crippen molar-refractivity contribution in [3.8, 4) is 22.8 Å². The van der Waals surface area contributed by atoms with Crippen molar-refractivity contribution in [2.45, 2.75) is 26.1 Å². The molecule has 0 spiro atoms. The van der Waals surface area contributed by atoms with Gasteiger partial charge < -0.3 is 14.4 Å². The summed E-state index contributed by atoms with van der Waals surface area (Å²) in [6.45, 7) is 2.92. The summed E-state index contributed by atoms with van der Waals surface area (Å²) < 4.78 is 11.9. The van der Waals surface area contributed by atoms with Crippen molar-refractivity contribution in [2.24, 2.45) is 0 Å². The van der Waals surface area contributed by atoms with Gasteiger partial charge in [0.05, 0.1) is 18.8 Å². The number of aromatic amines is 1. The molecule has 7 heteroatoms. The molecule has 6 rings (SSSR count). The van der Waals surface area contributed by atoms with Gasteiger partial charge in [-0.15, -0.1) is 0 Å². The number of halogens is 1. The van der Waals surface area contributed by atoms with Crippen molar-refractivity contribution in [3.05, 3.63) is 136 Å². The molecule has 6 nitrogen and oxygen atoms in total. The number of aromatic nitrogens is 2. The first kappa shape index (κ1) is 25.7. The first-order valence-electron chi connectivity index (χ1n) is 13.1. The average molecular weight is 550 g/mol. The van der Waals surface area contributed by atoms with E-state index in [4.69, 9.17) is 21.1 Å². The van der Waals surface area contributed by atoms with Crippen LogP contribution in [0.1, 0.15) is 44.3 Å². The van der Waals surface area contributed by atoms with Gasteiger partial charge in [0.25, 0.3) is 5.91 Å². The molecule has 1 N–H and O–H groups in total. The van der Waals surface area contributed by atoms with Gasteiger partial charge in [0.1, 0.15) is 12.3 Å². The van der Waals surface area contributed by atoms with Crippen LogP contribution in [0.25, 0.3) is 11.3 Å². The summed E-state index contributed by atoms with van der Waals surface area (Å²) in [5.74, 6) is 1.13. The predicted molar refractivity (Wildman–Crippen MR) is 156 cm³/mol. The van der Waals surface area contributed by atoms with Gasteiger partial charge in [-0.2, -0.15) is 5.10 Å². The molecule has 0 bridgehead atoms. The number of nitrogens with zero attached hydrogens (tertiary/aromatic N) is 2. The van der Waals surface area contributed by atoms with Gasteiger partial charge in [-0.1, -0.05) is 90.0 Å². The average Bonchev–Trinajstić information content (AvgIpc) is 3.53. The van der Waals surface area contributed by atoms with E-state index < -0.39 is 0 Å².